The number of rotatable bonds is 5. The predicted molar refractivity (Wildman–Crippen MR) is 73.1 cm³/mol. The average molecular weight is 267 g/mol. The molecule has 1 saturated heterocycles. The Morgan fingerprint density at radius 2 is 1.74 bits per heavy atom. The zero-order valence-electron chi connectivity index (χ0n) is 11.2. The van der Waals surface area contributed by atoms with Crippen molar-refractivity contribution >= 4 is 0 Å². The van der Waals surface area contributed by atoms with E-state index < -0.39 is 0 Å². The lowest BCUT2D eigenvalue weighted by molar-refractivity contribution is 0.108. The lowest BCUT2D eigenvalue weighted by Crippen LogP contribution is -2.46. The van der Waals surface area contributed by atoms with Crippen LogP contribution in [-0.2, 0) is 13.1 Å². The molecule has 0 aliphatic carbocycles. The maximum atomic E-state index is 14.1. The highest BCUT2D eigenvalue weighted by Gasteiger charge is 2.18. The largest absolute Gasteiger partial charge is 0.395 e. The Bertz CT molecular complexity index is 406. The van der Waals surface area contributed by atoms with Gasteiger partial charge in [-0.15, -0.1) is 0 Å². The summed E-state index contributed by atoms with van der Waals surface area (Å²) in [5, 5.41) is 8.90. The summed E-state index contributed by atoms with van der Waals surface area (Å²) in [6, 6.07) is 5.43. The summed E-state index contributed by atoms with van der Waals surface area (Å²) in [6.45, 7) is 5.48. The van der Waals surface area contributed by atoms with Gasteiger partial charge in [0.2, 0.25) is 0 Å². The van der Waals surface area contributed by atoms with Crippen LogP contribution < -0.4 is 5.73 Å². The van der Waals surface area contributed by atoms with Gasteiger partial charge in [0.05, 0.1) is 6.61 Å². The molecule has 5 heteroatoms. The number of nitrogens with two attached hydrogens (primary N) is 1. The third-order valence-corrected chi connectivity index (χ3v) is 3.65. The number of hydrogen-bond donors (Lipinski definition) is 2. The predicted octanol–water partition coefficient (Wildman–Crippen LogP) is 0.394. The van der Waals surface area contributed by atoms with Crippen molar-refractivity contribution in [2.45, 2.75) is 13.1 Å². The second-order valence-electron chi connectivity index (χ2n) is 4.94. The van der Waals surface area contributed by atoms with E-state index in [4.69, 9.17) is 10.8 Å². The quantitative estimate of drug-likeness (QED) is 0.810. The highest BCUT2D eigenvalue weighted by atomic mass is 19.1. The number of benzene rings is 1. The van der Waals surface area contributed by atoms with Gasteiger partial charge >= 0.3 is 0 Å². The van der Waals surface area contributed by atoms with Crippen LogP contribution in [0, 0.1) is 5.82 Å². The first-order valence-corrected chi connectivity index (χ1v) is 6.76. The molecule has 106 valence electrons. The Hall–Kier alpha value is -1.01. The summed E-state index contributed by atoms with van der Waals surface area (Å²) in [4.78, 5) is 4.47. The molecule has 0 spiro atoms. The normalized spacial score (nSPS) is 17.8. The Morgan fingerprint density at radius 3 is 2.37 bits per heavy atom. The minimum atomic E-state index is -0.164. The fraction of sp³-hybridized carbons (Fsp3) is 0.571. The van der Waals surface area contributed by atoms with Crippen LogP contribution >= 0.6 is 0 Å². The molecule has 3 N–H and O–H groups in total. The van der Waals surface area contributed by atoms with Crippen molar-refractivity contribution in [1.82, 2.24) is 9.80 Å². The minimum Gasteiger partial charge on any atom is -0.395 e. The number of hydrogen-bond acceptors (Lipinski definition) is 4. The first-order valence-electron chi connectivity index (χ1n) is 6.76. The van der Waals surface area contributed by atoms with E-state index in [9.17, 15) is 4.39 Å². The monoisotopic (exact) mass is 267 g/mol. The molecule has 0 unspecified atom stereocenters. The third-order valence-electron chi connectivity index (χ3n) is 3.65. The SMILES string of the molecule is NCc1cccc(CN2CCN(CCO)CC2)c1F. The van der Waals surface area contributed by atoms with Crippen LogP contribution in [-0.4, -0.2) is 54.2 Å². The van der Waals surface area contributed by atoms with E-state index in [1.54, 1.807) is 6.07 Å². The van der Waals surface area contributed by atoms with E-state index in [1.165, 1.54) is 0 Å². The Morgan fingerprint density at radius 1 is 1.11 bits per heavy atom. The number of aliphatic hydroxyl groups excluding tert-OH is 1. The van der Waals surface area contributed by atoms with Gasteiger partial charge in [0, 0.05) is 56.9 Å². The standard InChI is InChI=1S/C14H22FN3O/c15-14-12(10-16)2-1-3-13(14)11-18-6-4-17(5-7-18)8-9-19/h1-3,19H,4-11,16H2. The molecule has 19 heavy (non-hydrogen) atoms. The maximum absolute atomic E-state index is 14.1. The second kappa shape index (κ2) is 6.96. The summed E-state index contributed by atoms with van der Waals surface area (Å²) in [7, 11) is 0. The van der Waals surface area contributed by atoms with Gasteiger partial charge in [-0.05, 0) is 0 Å². The molecular formula is C14H22FN3O. The topological polar surface area (TPSA) is 52.7 Å². The number of β-amino-alcohol motifs (C(OH)–C–C–N with tert-alkyl or cyclic N) is 1. The molecule has 1 aliphatic rings. The van der Waals surface area contributed by atoms with E-state index >= 15 is 0 Å². The Balaban J connectivity index is 1.92. The summed E-state index contributed by atoms with van der Waals surface area (Å²) in [5.74, 6) is -0.164. The van der Waals surface area contributed by atoms with Crippen LogP contribution in [0.3, 0.4) is 0 Å². The third kappa shape index (κ3) is 3.73. The average Bonchev–Trinajstić information content (AvgIpc) is 2.43. The van der Waals surface area contributed by atoms with Crippen molar-refractivity contribution in [1.29, 1.82) is 0 Å². The van der Waals surface area contributed by atoms with Crippen molar-refractivity contribution < 1.29 is 9.50 Å². The van der Waals surface area contributed by atoms with Gasteiger partial charge < -0.3 is 10.8 Å². The number of nitrogens with zero attached hydrogens (tertiary/aromatic N) is 2. The molecule has 0 amide bonds. The highest BCUT2D eigenvalue weighted by Crippen LogP contribution is 2.15. The number of piperazine rings is 1. The maximum Gasteiger partial charge on any atom is 0.132 e. The van der Waals surface area contributed by atoms with Crippen molar-refractivity contribution in [2.24, 2.45) is 5.73 Å². The molecule has 0 atom stereocenters. The summed E-state index contributed by atoms with van der Waals surface area (Å²) in [5.41, 5.74) is 6.82. The smallest absolute Gasteiger partial charge is 0.132 e. The van der Waals surface area contributed by atoms with E-state index in [0.29, 0.717) is 12.1 Å². The van der Waals surface area contributed by atoms with Crippen molar-refractivity contribution in [3.05, 3.63) is 35.1 Å². The molecule has 1 aromatic rings. The van der Waals surface area contributed by atoms with Crippen LogP contribution in [0.25, 0.3) is 0 Å². The van der Waals surface area contributed by atoms with E-state index in [2.05, 4.69) is 9.80 Å². The van der Waals surface area contributed by atoms with Gasteiger partial charge in [-0.25, -0.2) is 4.39 Å². The zero-order valence-corrected chi connectivity index (χ0v) is 11.2. The summed E-state index contributed by atoms with van der Waals surface area (Å²) < 4.78 is 14.1. The highest BCUT2D eigenvalue weighted by molar-refractivity contribution is 5.25. The van der Waals surface area contributed by atoms with Gasteiger partial charge in [0.25, 0.3) is 0 Å². The van der Waals surface area contributed by atoms with Gasteiger partial charge in [-0.2, -0.15) is 0 Å². The lowest BCUT2D eigenvalue weighted by Gasteiger charge is -2.34. The Kier molecular flexibility index (Phi) is 5.27. The lowest BCUT2D eigenvalue weighted by atomic mass is 10.1. The van der Waals surface area contributed by atoms with Crippen LogP contribution in [0.5, 0.6) is 0 Å². The summed E-state index contributed by atoms with van der Waals surface area (Å²) in [6.07, 6.45) is 0. The molecular weight excluding hydrogens is 245 g/mol. The molecule has 0 radical (unpaired) electrons. The molecule has 1 aliphatic heterocycles. The van der Waals surface area contributed by atoms with Gasteiger partial charge in [-0.3, -0.25) is 9.80 Å². The molecule has 4 nitrogen and oxygen atoms in total. The first kappa shape index (κ1) is 14.4. The minimum absolute atomic E-state index is 0.164. The molecule has 1 fully saturated rings. The van der Waals surface area contributed by atoms with Crippen molar-refractivity contribution in [2.75, 3.05) is 39.3 Å². The number of halogens is 1. The fourth-order valence-electron chi connectivity index (χ4n) is 2.47. The van der Waals surface area contributed by atoms with E-state index in [0.717, 1.165) is 38.3 Å². The van der Waals surface area contributed by atoms with Gasteiger partial charge in [0.15, 0.2) is 0 Å². The van der Waals surface area contributed by atoms with Crippen molar-refractivity contribution in [3.8, 4) is 0 Å². The second-order valence-corrected chi connectivity index (χ2v) is 4.94. The van der Waals surface area contributed by atoms with Crippen LogP contribution in [0.4, 0.5) is 4.39 Å². The Labute approximate surface area is 113 Å². The molecule has 0 saturated carbocycles. The van der Waals surface area contributed by atoms with Crippen molar-refractivity contribution in [3.63, 3.8) is 0 Å². The van der Waals surface area contributed by atoms with Gasteiger partial charge in [0.1, 0.15) is 5.82 Å². The number of aliphatic hydroxyl groups is 1. The molecule has 2 rings (SSSR count). The molecule has 0 bridgehead atoms. The molecule has 0 aromatic heterocycles. The van der Waals surface area contributed by atoms with Crippen LogP contribution in [0.1, 0.15) is 11.1 Å². The fourth-order valence-corrected chi connectivity index (χ4v) is 2.47. The molecule has 1 heterocycles. The van der Waals surface area contributed by atoms with E-state index in [1.807, 2.05) is 12.1 Å². The van der Waals surface area contributed by atoms with Crippen LogP contribution in [0.2, 0.25) is 0 Å². The molecule has 1 aromatic carbocycles. The first-order chi connectivity index (χ1) is 9.24. The zero-order chi connectivity index (χ0) is 13.7. The van der Waals surface area contributed by atoms with E-state index in [-0.39, 0.29) is 19.0 Å². The van der Waals surface area contributed by atoms with Crippen LogP contribution in [0.15, 0.2) is 18.2 Å². The van der Waals surface area contributed by atoms with Gasteiger partial charge in [-0.1, -0.05) is 18.2 Å². The summed E-state index contributed by atoms with van der Waals surface area (Å²) >= 11 is 0.